The molecule has 3 atom stereocenters. The van der Waals surface area contributed by atoms with Crippen LogP contribution in [0, 0.1) is 23.7 Å². The van der Waals surface area contributed by atoms with E-state index in [0.717, 1.165) is 35.3 Å². The zero-order valence-corrected chi connectivity index (χ0v) is 16.0. The lowest BCUT2D eigenvalue weighted by Gasteiger charge is -2.41. The Hall–Kier alpha value is -0.980. The average Bonchev–Trinajstić information content (AvgIpc) is 2.63. The van der Waals surface area contributed by atoms with Crippen molar-refractivity contribution in [3.63, 3.8) is 0 Å². The summed E-state index contributed by atoms with van der Waals surface area (Å²) in [5.41, 5.74) is 1.52. The molecule has 2 aliphatic rings. The number of methoxy groups -OCH3 is 1. The highest BCUT2D eigenvalue weighted by Gasteiger charge is 2.34. The summed E-state index contributed by atoms with van der Waals surface area (Å²) in [5, 5.41) is 0. The molecule has 0 amide bonds. The van der Waals surface area contributed by atoms with Crippen molar-refractivity contribution in [3.8, 4) is 5.75 Å². The fourth-order valence-corrected chi connectivity index (χ4v) is 5.57. The van der Waals surface area contributed by atoms with Gasteiger partial charge in [-0.25, -0.2) is 0 Å². The van der Waals surface area contributed by atoms with Crippen molar-refractivity contribution in [2.24, 2.45) is 23.7 Å². The smallest absolute Gasteiger partial charge is 0.118 e. The van der Waals surface area contributed by atoms with Crippen LogP contribution in [0.5, 0.6) is 5.75 Å². The summed E-state index contributed by atoms with van der Waals surface area (Å²) >= 11 is 0. The van der Waals surface area contributed by atoms with E-state index in [4.69, 9.17) is 4.74 Å². The first-order valence-electron chi connectivity index (χ1n) is 10.3. The van der Waals surface area contributed by atoms with Crippen molar-refractivity contribution < 1.29 is 4.74 Å². The van der Waals surface area contributed by atoms with Crippen molar-refractivity contribution >= 4 is 0 Å². The van der Waals surface area contributed by atoms with Crippen LogP contribution in [0.15, 0.2) is 24.3 Å². The lowest BCUT2D eigenvalue weighted by molar-refractivity contribution is 0.130. The summed E-state index contributed by atoms with van der Waals surface area (Å²) in [6, 6.07) is 8.83. The van der Waals surface area contributed by atoms with Gasteiger partial charge in [0.05, 0.1) is 7.11 Å². The van der Waals surface area contributed by atoms with Gasteiger partial charge in [0.2, 0.25) is 0 Å². The van der Waals surface area contributed by atoms with Gasteiger partial charge in [0.15, 0.2) is 0 Å². The Labute approximate surface area is 149 Å². The summed E-state index contributed by atoms with van der Waals surface area (Å²) in [7, 11) is 1.75. The van der Waals surface area contributed by atoms with Crippen molar-refractivity contribution in [1.82, 2.24) is 0 Å². The number of benzene rings is 1. The third-order valence-electron chi connectivity index (χ3n) is 7.01. The van der Waals surface area contributed by atoms with E-state index >= 15 is 0 Å². The van der Waals surface area contributed by atoms with E-state index in [2.05, 4.69) is 38.1 Å². The van der Waals surface area contributed by atoms with Crippen LogP contribution in [0.4, 0.5) is 0 Å². The Morgan fingerprint density at radius 2 is 1.58 bits per heavy atom. The summed E-state index contributed by atoms with van der Waals surface area (Å²) in [4.78, 5) is 0. The molecular formula is C23H36O. The molecule has 3 rings (SSSR count). The van der Waals surface area contributed by atoms with Crippen LogP contribution in [-0.2, 0) is 0 Å². The first-order chi connectivity index (χ1) is 11.7. The van der Waals surface area contributed by atoms with Crippen LogP contribution in [0.25, 0.3) is 0 Å². The Kier molecular flexibility index (Phi) is 6.25. The summed E-state index contributed by atoms with van der Waals surface area (Å²) in [5.74, 6) is 5.62. The van der Waals surface area contributed by atoms with Crippen molar-refractivity contribution in [1.29, 1.82) is 0 Å². The highest BCUT2D eigenvalue weighted by atomic mass is 16.5. The largest absolute Gasteiger partial charge is 0.497 e. The van der Waals surface area contributed by atoms with Crippen LogP contribution in [0.1, 0.15) is 83.1 Å². The van der Waals surface area contributed by atoms with Gasteiger partial charge in [-0.3, -0.25) is 0 Å². The van der Waals surface area contributed by atoms with Gasteiger partial charge in [0.25, 0.3) is 0 Å². The maximum absolute atomic E-state index is 5.31. The second-order valence-corrected chi connectivity index (χ2v) is 8.50. The van der Waals surface area contributed by atoms with Gasteiger partial charge < -0.3 is 4.74 Å². The molecule has 3 unspecified atom stereocenters. The predicted octanol–water partition coefficient (Wildman–Crippen LogP) is 6.82. The topological polar surface area (TPSA) is 9.23 Å². The molecule has 24 heavy (non-hydrogen) atoms. The summed E-state index contributed by atoms with van der Waals surface area (Å²) in [6.45, 7) is 4.83. The molecule has 0 aromatic heterocycles. The molecule has 1 heteroatoms. The molecule has 2 aliphatic carbocycles. The molecule has 0 spiro atoms. The normalized spacial score (nSPS) is 34.0. The van der Waals surface area contributed by atoms with E-state index in [1.807, 2.05) is 0 Å². The first-order valence-corrected chi connectivity index (χ1v) is 10.3. The minimum absolute atomic E-state index is 0.753. The van der Waals surface area contributed by atoms with Crippen LogP contribution in [0.3, 0.4) is 0 Å². The third-order valence-corrected chi connectivity index (χ3v) is 7.01. The molecule has 1 aromatic carbocycles. The van der Waals surface area contributed by atoms with E-state index in [-0.39, 0.29) is 0 Å². The monoisotopic (exact) mass is 328 g/mol. The molecule has 0 bridgehead atoms. The van der Waals surface area contributed by atoms with Gasteiger partial charge in [0.1, 0.15) is 5.75 Å². The van der Waals surface area contributed by atoms with E-state index in [1.54, 1.807) is 7.11 Å². The lowest BCUT2D eigenvalue weighted by Crippen LogP contribution is -2.29. The molecule has 1 nitrogen and oxygen atoms in total. The molecule has 0 aliphatic heterocycles. The zero-order chi connectivity index (χ0) is 16.9. The number of rotatable bonds is 5. The molecule has 134 valence electrons. The second-order valence-electron chi connectivity index (χ2n) is 8.50. The van der Waals surface area contributed by atoms with E-state index in [0.29, 0.717) is 0 Å². The maximum Gasteiger partial charge on any atom is 0.118 e. The highest BCUT2D eigenvalue weighted by molar-refractivity contribution is 5.30. The second kappa shape index (κ2) is 8.41. The van der Waals surface area contributed by atoms with Crippen LogP contribution < -0.4 is 4.74 Å². The van der Waals surface area contributed by atoms with Crippen molar-refractivity contribution in [2.45, 2.75) is 77.6 Å². The predicted molar refractivity (Wildman–Crippen MR) is 103 cm³/mol. The van der Waals surface area contributed by atoms with E-state index < -0.39 is 0 Å². The van der Waals surface area contributed by atoms with Crippen molar-refractivity contribution in [2.75, 3.05) is 7.11 Å². The highest BCUT2D eigenvalue weighted by Crippen LogP contribution is 2.47. The van der Waals surface area contributed by atoms with Gasteiger partial charge in [-0.2, -0.15) is 0 Å². The Bertz CT molecular complexity index is 483. The SMILES string of the molecule is CCC[C@H]1CC[C@H](C2CCC(c3ccc(OC)cc3)C(C)C2)CC1. The number of hydrogen-bond acceptors (Lipinski definition) is 1. The quantitative estimate of drug-likeness (QED) is 0.576. The zero-order valence-electron chi connectivity index (χ0n) is 16.0. The van der Waals surface area contributed by atoms with Crippen LogP contribution in [-0.4, -0.2) is 7.11 Å². The molecule has 2 fully saturated rings. The molecule has 0 saturated heterocycles. The molecule has 2 saturated carbocycles. The van der Waals surface area contributed by atoms with Crippen LogP contribution in [0.2, 0.25) is 0 Å². The molecule has 1 aromatic rings. The Balaban J connectivity index is 1.53. The minimum atomic E-state index is 0.753. The standard InChI is InChI=1S/C23H36O/c1-4-5-18-6-8-19(9-7-18)21-12-15-23(17(2)16-21)20-10-13-22(24-3)14-11-20/h10-11,13-14,17-19,21,23H,4-9,12,15-16H2,1-3H3/t17?,18-,19-,21?,23?. The Morgan fingerprint density at radius 3 is 2.17 bits per heavy atom. The minimum Gasteiger partial charge on any atom is -0.497 e. The first kappa shape index (κ1) is 17.8. The fourth-order valence-electron chi connectivity index (χ4n) is 5.57. The van der Waals surface area contributed by atoms with Crippen LogP contribution >= 0.6 is 0 Å². The van der Waals surface area contributed by atoms with E-state index in [9.17, 15) is 0 Å². The van der Waals surface area contributed by atoms with Gasteiger partial charge in [0, 0.05) is 0 Å². The molecule has 0 N–H and O–H groups in total. The fraction of sp³-hybridized carbons (Fsp3) is 0.739. The lowest BCUT2D eigenvalue weighted by atomic mass is 9.65. The van der Waals surface area contributed by atoms with Gasteiger partial charge in [-0.15, -0.1) is 0 Å². The third kappa shape index (κ3) is 4.16. The van der Waals surface area contributed by atoms with Gasteiger partial charge in [-0.1, -0.05) is 51.7 Å². The molecule has 0 radical (unpaired) electrons. The van der Waals surface area contributed by atoms with E-state index in [1.165, 1.54) is 63.4 Å². The Morgan fingerprint density at radius 1 is 0.917 bits per heavy atom. The summed E-state index contributed by atoms with van der Waals surface area (Å²) in [6.07, 6.45) is 13.1. The summed E-state index contributed by atoms with van der Waals surface area (Å²) < 4.78 is 5.31. The van der Waals surface area contributed by atoms with Gasteiger partial charge >= 0.3 is 0 Å². The van der Waals surface area contributed by atoms with Gasteiger partial charge in [-0.05, 0) is 79.4 Å². The van der Waals surface area contributed by atoms with Crippen molar-refractivity contribution in [3.05, 3.63) is 29.8 Å². The molecular weight excluding hydrogens is 292 g/mol. The maximum atomic E-state index is 5.31. The molecule has 0 heterocycles. The average molecular weight is 329 g/mol. The number of ether oxygens (including phenoxy) is 1. The number of hydrogen-bond donors (Lipinski definition) is 0.